The Kier molecular flexibility index (Phi) is 6.65. The van der Waals surface area contributed by atoms with Crippen molar-refractivity contribution in [3.8, 4) is 0 Å². The molecule has 0 aliphatic rings. The number of alkyl halides is 1. The van der Waals surface area contributed by atoms with Crippen LogP contribution < -0.4 is 4.72 Å². The molecule has 0 aliphatic heterocycles. The van der Waals surface area contributed by atoms with Crippen molar-refractivity contribution in [1.82, 2.24) is 4.72 Å². The van der Waals surface area contributed by atoms with E-state index in [-0.39, 0.29) is 22.6 Å². The van der Waals surface area contributed by atoms with E-state index in [1.165, 1.54) is 0 Å². The lowest BCUT2D eigenvalue weighted by atomic mass is 9.86. The number of hydrogen-bond donors (Lipinski definition) is 1. The van der Waals surface area contributed by atoms with E-state index in [0.29, 0.717) is 18.7 Å². The monoisotopic (exact) mass is 297 g/mol. The zero-order valence-corrected chi connectivity index (χ0v) is 14.1. The van der Waals surface area contributed by atoms with Crippen LogP contribution in [0.5, 0.6) is 0 Å². The second-order valence-electron chi connectivity index (χ2n) is 7.14. The van der Waals surface area contributed by atoms with Crippen LogP contribution in [0.15, 0.2) is 0 Å². The highest BCUT2D eigenvalue weighted by Gasteiger charge is 2.28. The minimum Gasteiger partial charge on any atom is -0.212 e. The van der Waals surface area contributed by atoms with Gasteiger partial charge in [0.05, 0.1) is 5.75 Å². The molecule has 3 nitrogen and oxygen atoms in total. The van der Waals surface area contributed by atoms with Crippen molar-refractivity contribution in [3.05, 3.63) is 0 Å². The predicted molar refractivity (Wildman–Crippen MR) is 79.6 cm³/mol. The molecule has 0 bridgehead atoms. The third-order valence-electron chi connectivity index (χ3n) is 2.89. The molecule has 0 aromatic carbocycles. The molecule has 110 valence electrons. The maximum Gasteiger partial charge on any atom is 0.211 e. The summed E-state index contributed by atoms with van der Waals surface area (Å²) in [7, 11) is -3.23. The zero-order chi connectivity index (χ0) is 14.6. The largest absolute Gasteiger partial charge is 0.212 e. The Morgan fingerprint density at radius 1 is 1.11 bits per heavy atom. The first kappa shape index (κ1) is 18.2. The molecule has 0 saturated carbocycles. The number of halogens is 1. The molecule has 1 N–H and O–H groups in total. The average molecular weight is 298 g/mol. The minimum absolute atomic E-state index is 0.0263. The normalized spacial score (nSPS) is 15.7. The van der Waals surface area contributed by atoms with Gasteiger partial charge in [0.25, 0.3) is 0 Å². The van der Waals surface area contributed by atoms with E-state index in [0.717, 1.165) is 0 Å². The summed E-state index contributed by atoms with van der Waals surface area (Å²) >= 11 is 5.75. The summed E-state index contributed by atoms with van der Waals surface area (Å²) in [6, 6.07) is -0.111. The quantitative estimate of drug-likeness (QED) is 0.764. The first-order valence-corrected chi connectivity index (χ1v) is 8.62. The maximum atomic E-state index is 12.1. The van der Waals surface area contributed by atoms with E-state index in [4.69, 9.17) is 11.6 Å². The molecule has 1 atom stereocenters. The fourth-order valence-corrected chi connectivity index (χ4v) is 3.62. The van der Waals surface area contributed by atoms with Gasteiger partial charge in [0.1, 0.15) is 0 Å². The van der Waals surface area contributed by atoms with E-state index in [9.17, 15) is 8.42 Å². The Morgan fingerprint density at radius 3 is 1.94 bits per heavy atom. The van der Waals surface area contributed by atoms with Gasteiger partial charge < -0.3 is 0 Å². The van der Waals surface area contributed by atoms with Gasteiger partial charge >= 0.3 is 0 Å². The van der Waals surface area contributed by atoms with Crippen molar-refractivity contribution in [3.63, 3.8) is 0 Å². The molecule has 0 aromatic rings. The van der Waals surface area contributed by atoms with Gasteiger partial charge in [0.15, 0.2) is 0 Å². The molecule has 0 fully saturated rings. The molecule has 0 saturated heterocycles. The zero-order valence-electron chi connectivity index (χ0n) is 12.5. The Morgan fingerprint density at radius 2 is 1.61 bits per heavy atom. The van der Waals surface area contributed by atoms with Crippen molar-refractivity contribution in [1.29, 1.82) is 0 Å². The fraction of sp³-hybridized carbons (Fsp3) is 1.00. The summed E-state index contributed by atoms with van der Waals surface area (Å²) in [4.78, 5) is 0. The summed E-state index contributed by atoms with van der Waals surface area (Å²) in [5, 5.41) is 0. The van der Waals surface area contributed by atoms with Gasteiger partial charge in [-0.05, 0) is 23.7 Å². The van der Waals surface area contributed by atoms with E-state index in [1.54, 1.807) is 0 Å². The van der Waals surface area contributed by atoms with Gasteiger partial charge in [-0.3, -0.25) is 0 Å². The summed E-state index contributed by atoms with van der Waals surface area (Å²) in [6.45, 7) is 12.2. The first-order chi connectivity index (χ1) is 7.87. The molecular weight excluding hydrogens is 270 g/mol. The van der Waals surface area contributed by atoms with Gasteiger partial charge in [-0.15, -0.1) is 11.6 Å². The summed E-state index contributed by atoms with van der Waals surface area (Å²) in [6.07, 6.45) is 1.31. The molecule has 0 radical (unpaired) electrons. The number of sulfonamides is 1. The highest BCUT2D eigenvalue weighted by Crippen LogP contribution is 2.24. The molecule has 0 heterocycles. The van der Waals surface area contributed by atoms with Crippen LogP contribution in [0.2, 0.25) is 0 Å². The van der Waals surface area contributed by atoms with Crippen LogP contribution in [-0.2, 0) is 10.0 Å². The summed E-state index contributed by atoms with van der Waals surface area (Å²) in [5.74, 6) is 0.634. The molecule has 0 aliphatic carbocycles. The topological polar surface area (TPSA) is 46.2 Å². The minimum atomic E-state index is -3.23. The second kappa shape index (κ2) is 6.58. The van der Waals surface area contributed by atoms with Gasteiger partial charge in [0.2, 0.25) is 10.0 Å². The summed E-state index contributed by atoms with van der Waals surface area (Å²) in [5.41, 5.74) is -0.0951. The van der Waals surface area contributed by atoms with Crippen LogP contribution in [0.4, 0.5) is 0 Å². The predicted octanol–water partition coefficient (Wildman–Crippen LogP) is 3.39. The Labute approximate surface area is 118 Å². The Bertz CT molecular complexity index is 339. The number of hydrogen-bond acceptors (Lipinski definition) is 2. The van der Waals surface area contributed by atoms with Crippen molar-refractivity contribution >= 4 is 21.6 Å². The van der Waals surface area contributed by atoms with E-state index in [1.807, 2.05) is 41.5 Å². The molecule has 0 aromatic heterocycles. The van der Waals surface area contributed by atoms with Crippen molar-refractivity contribution < 1.29 is 8.42 Å². The van der Waals surface area contributed by atoms with Crippen LogP contribution in [0.1, 0.15) is 54.4 Å². The van der Waals surface area contributed by atoms with Gasteiger partial charge in [-0.2, -0.15) is 0 Å². The van der Waals surface area contributed by atoms with E-state index >= 15 is 0 Å². The van der Waals surface area contributed by atoms with Gasteiger partial charge in [-0.1, -0.05) is 41.5 Å². The van der Waals surface area contributed by atoms with Crippen LogP contribution >= 0.6 is 11.6 Å². The van der Waals surface area contributed by atoms with E-state index in [2.05, 4.69) is 4.72 Å². The Balaban J connectivity index is 4.62. The molecule has 0 rings (SSSR count). The number of rotatable bonds is 6. The number of nitrogens with one attached hydrogen (secondary N) is 1. The standard InChI is InChI=1S/C13H28ClNO2S/c1-12(2,3)8-10-18(16,17)15-11(7-9-14)13(4,5)6/h11,15H,7-10H2,1-6H3. The molecule has 0 spiro atoms. The third-order valence-corrected chi connectivity index (χ3v) is 4.49. The van der Waals surface area contributed by atoms with Crippen LogP contribution in [0, 0.1) is 10.8 Å². The molecule has 18 heavy (non-hydrogen) atoms. The second-order valence-corrected chi connectivity index (χ2v) is 9.40. The van der Waals surface area contributed by atoms with Gasteiger partial charge in [0, 0.05) is 11.9 Å². The average Bonchev–Trinajstić information content (AvgIpc) is 2.12. The fourth-order valence-electron chi connectivity index (χ4n) is 1.49. The highest BCUT2D eigenvalue weighted by molar-refractivity contribution is 7.89. The third kappa shape index (κ3) is 8.33. The van der Waals surface area contributed by atoms with Crippen LogP contribution in [0.25, 0.3) is 0 Å². The summed E-state index contributed by atoms with van der Waals surface area (Å²) < 4.78 is 26.9. The SMILES string of the molecule is CC(C)(C)CCS(=O)(=O)NC(CCCl)C(C)(C)C. The van der Waals surface area contributed by atoms with Gasteiger partial charge in [-0.25, -0.2) is 13.1 Å². The first-order valence-electron chi connectivity index (χ1n) is 6.43. The van der Waals surface area contributed by atoms with Crippen LogP contribution in [-0.4, -0.2) is 26.1 Å². The lowest BCUT2D eigenvalue weighted by Gasteiger charge is -2.31. The van der Waals surface area contributed by atoms with Crippen LogP contribution in [0.3, 0.4) is 0 Å². The van der Waals surface area contributed by atoms with E-state index < -0.39 is 10.0 Å². The molecular formula is C13H28ClNO2S. The lowest BCUT2D eigenvalue weighted by Crippen LogP contribution is -2.45. The molecule has 5 heteroatoms. The lowest BCUT2D eigenvalue weighted by molar-refractivity contribution is 0.292. The van der Waals surface area contributed by atoms with Crippen molar-refractivity contribution in [2.75, 3.05) is 11.6 Å². The maximum absolute atomic E-state index is 12.1. The van der Waals surface area contributed by atoms with Crippen molar-refractivity contribution in [2.24, 2.45) is 10.8 Å². The Hall–Kier alpha value is 0.200. The molecule has 1 unspecified atom stereocenters. The van der Waals surface area contributed by atoms with Crippen molar-refractivity contribution in [2.45, 2.75) is 60.4 Å². The molecule has 0 amide bonds. The highest BCUT2D eigenvalue weighted by atomic mass is 35.5. The smallest absolute Gasteiger partial charge is 0.211 e.